The Balaban J connectivity index is 1.98. The van der Waals surface area contributed by atoms with E-state index in [0.29, 0.717) is 31.2 Å². The topological polar surface area (TPSA) is 69.8 Å². The third-order valence-electron chi connectivity index (χ3n) is 4.32. The molecule has 1 aromatic carbocycles. The Morgan fingerprint density at radius 3 is 2.52 bits per heavy atom. The van der Waals surface area contributed by atoms with Crippen LogP contribution in [0.25, 0.3) is 0 Å². The molecular weight excluding hydrogens is 266 g/mol. The Hall–Kier alpha value is -1.59. The molecule has 0 aromatic heterocycles. The zero-order chi connectivity index (χ0) is 15.4. The van der Waals surface area contributed by atoms with Gasteiger partial charge in [0, 0.05) is 44.3 Å². The van der Waals surface area contributed by atoms with E-state index in [-0.39, 0.29) is 11.7 Å². The third-order valence-corrected chi connectivity index (χ3v) is 4.32. The quantitative estimate of drug-likeness (QED) is 0.874. The number of aromatic hydroxyl groups is 1. The summed E-state index contributed by atoms with van der Waals surface area (Å²) in [6, 6.07) is 5.52. The second-order valence-electron chi connectivity index (χ2n) is 5.63. The van der Waals surface area contributed by atoms with Crippen molar-refractivity contribution in [2.45, 2.75) is 26.3 Å². The van der Waals surface area contributed by atoms with Crippen molar-refractivity contribution in [2.24, 2.45) is 5.73 Å². The van der Waals surface area contributed by atoms with Crippen LogP contribution in [0.2, 0.25) is 0 Å². The number of piperazine rings is 1. The summed E-state index contributed by atoms with van der Waals surface area (Å²) >= 11 is 0. The van der Waals surface area contributed by atoms with Crippen LogP contribution in [-0.4, -0.2) is 59.6 Å². The summed E-state index contributed by atoms with van der Waals surface area (Å²) in [5.41, 5.74) is 7.12. The predicted molar refractivity (Wildman–Crippen MR) is 83.5 cm³/mol. The van der Waals surface area contributed by atoms with Crippen LogP contribution in [-0.2, 0) is 0 Å². The van der Waals surface area contributed by atoms with E-state index >= 15 is 0 Å². The van der Waals surface area contributed by atoms with Crippen molar-refractivity contribution >= 4 is 5.91 Å². The van der Waals surface area contributed by atoms with Gasteiger partial charge in [-0.1, -0.05) is 13.0 Å². The molecule has 0 spiro atoms. The van der Waals surface area contributed by atoms with Crippen LogP contribution >= 0.6 is 0 Å². The van der Waals surface area contributed by atoms with Gasteiger partial charge in [0.15, 0.2) is 0 Å². The Kier molecular flexibility index (Phi) is 5.20. The second kappa shape index (κ2) is 6.91. The van der Waals surface area contributed by atoms with Gasteiger partial charge in [-0.15, -0.1) is 0 Å². The lowest BCUT2D eigenvalue weighted by Crippen LogP contribution is -2.53. The second-order valence-corrected chi connectivity index (χ2v) is 5.63. The fourth-order valence-corrected chi connectivity index (χ4v) is 2.79. The van der Waals surface area contributed by atoms with Gasteiger partial charge in [-0.25, -0.2) is 0 Å². The maximum atomic E-state index is 12.5. The number of hydrogen-bond donors (Lipinski definition) is 2. The molecule has 5 nitrogen and oxygen atoms in total. The van der Waals surface area contributed by atoms with Crippen molar-refractivity contribution in [3.8, 4) is 5.75 Å². The summed E-state index contributed by atoms with van der Waals surface area (Å²) < 4.78 is 0. The number of phenolic OH excluding ortho intramolecular Hbond substituents is 1. The average molecular weight is 291 g/mol. The summed E-state index contributed by atoms with van der Waals surface area (Å²) in [5.74, 6) is 0.166. The van der Waals surface area contributed by atoms with Crippen molar-refractivity contribution in [3.05, 3.63) is 29.3 Å². The van der Waals surface area contributed by atoms with Crippen molar-refractivity contribution in [1.82, 2.24) is 9.80 Å². The smallest absolute Gasteiger partial charge is 0.254 e. The number of hydrogen-bond acceptors (Lipinski definition) is 4. The van der Waals surface area contributed by atoms with E-state index in [1.807, 2.05) is 11.8 Å². The van der Waals surface area contributed by atoms with E-state index in [2.05, 4.69) is 11.8 Å². The van der Waals surface area contributed by atoms with Crippen LogP contribution in [0, 0.1) is 6.92 Å². The van der Waals surface area contributed by atoms with Gasteiger partial charge in [0.05, 0.1) is 0 Å². The lowest BCUT2D eigenvalue weighted by molar-refractivity contribution is 0.0571. The monoisotopic (exact) mass is 291 g/mol. The van der Waals surface area contributed by atoms with Gasteiger partial charge in [-0.05, 0) is 31.0 Å². The average Bonchev–Trinajstić information content (AvgIpc) is 2.51. The summed E-state index contributed by atoms with van der Waals surface area (Å²) in [6.07, 6.45) is 1.04. The van der Waals surface area contributed by atoms with Crippen molar-refractivity contribution in [2.75, 3.05) is 32.7 Å². The standard InChI is InChI=1S/C16H25N3O2/c1-3-14(11-17)18-6-8-19(9-7-18)16(21)13-5-4-12(2)15(20)10-13/h4-5,10,14,20H,3,6-9,11,17H2,1-2H3. The largest absolute Gasteiger partial charge is 0.508 e. The molecule has 1 unspecified atom stereocenters. The molecule has 116 valence electrons. The van der Waals surface area contributed by atoms with E-state index in [1.165, 1.54) is 0 Å². The Morgan fingerprint density at radius 1 is 1.33 bits per heavy atom. The highest BCUT2D eigenvalue weighted by Crippen LogP contribution is 2.19. The van der Waals surface area contributed by atoms with E-state index < -0.39 is 0 Å². The van der Waals surface area contributed by atoms with Crippen LogP contribution in [0.5, 0.6) is 5.75 Å². The van der Waals surface area contributed by atoms with Crippen molar-refractivity contribution in [1.29, 1.82) is 0 Å². The summed E-state index contributed by atoms with van der Waals surface area (Å²) in [7, 11) is 0. The first-order valence-corrected chi connectivity index (χ1v) is 7.59. The highest BCUT2D eigenvalue weighted by Gasteiger charge is 2.25. The zero-order valence-electron chi connectivity index (χ0n) is 12.9. The van der Waals surface area contributed by atoms with E-state index in [9.17, 15) is 9.90 Å². The molecule has 21 heavy (non-hydrogen) atoms. The van der Waals surface area contributed by atoms with E-state index in [4.69, 9.17) is 5.73 Å². The summed E-state index contributed by atoms with van der Waals surface area (Å²) in [6.45, 7) is 7.77. The molecule has 1 aliphatic heterocycles. The van der Waals surface area contributed by atoms with Crippen LogP contribution < -0.4 is 5.73 Å². The minimum absolute atomic E-state index is 0.00857. The summed E-state index contributed by atoms with van der Waals surface area (Å²) in [5, 5.41) is 9.73. The number of nitrogens with two attached hydrogens (primary N) is 1. The first-order chi connectivity index (χ1) is 10.1. The maximum Gasteiger partial charge on any atom is 0.254 e. The molecule has 1 atom stereocenters. The number of benzene rings is 1. The number of nitrogens with zero attached hydrogens (tertiary/aromatic N) is 2. The fourth-order valence-electron chi connectivity index (χ4n) is 2.79. The van der Waals surface area contributed by atoms with Gasteiger partial charge in [-0.3, -0.25) is 9.69 Å². The molecule has 2 rings (SSSR count). The van der Waals surface area contributed by atoms with Gasteiger partial charge in [-0.2, -0.15) is 0 Å². The predicted octanol–water partition coefficient (Wildman–Crippen LogP) is 1.20. The Labute approximate surface area is 126 Å². The number of carbonyl (C=O) groups is 1. The van der Waals surface area contributed by atoms with Crippen LogP contribution in [0.3, 0.4) is 0 Å². The molecule has 1 heterocycles. The van der Waals surface area contributed by atoms with Gasteiger partial charge in [0.25, 0.3) is 5.91 Å². The van der Waals surface area contributed by atoms with Gasteiger partial charge in [0.2, 0.25) is 0 Å². The molecule has 0 saturated carbocycles. The lowest BCUT2D eigenvalue weighted by atomic mass is 10.1. The van der Waals surface area contributed by atoms with Crippen LogP contribution in [0.4, 0.5) is 0 Å². The minimum atomic E-state index is -0.00857. The number of amides is 1. The molecular formula is C16H25N3O2. The number of carbonyl (C=O) groups excluding carboxylic acids is 1. The van der Waals surface area contributed by atoms with Crippen molar-refractivity contribution in [3.63, 3.8) is 0 Å². The van der Waals surface area contributed by atoms with Crippen LogP contribution in [0.1, 0.15) is 29.3 Å². The molecule has 1 saturated heterocycles. The lowest BCUT2D eigenvalue weighted by Gasteiger charge is -2.38. The zero-order valence-corrected chi connectivity index (χ0v) is 12.9. The first kappa shape index (κ1) is 15.8. The molecule has 1 amide bonds. The van der Waals surface area contributed by atoms with Crippen LogP contribution in [0.15, 0.2) is 18.2 Å². The Bertz CT molecular complexity index is 492. The number of rotatable bonds is 4. The van der Waals surface area contributed by atoms with Crippen molar-refractivity contribution < 1.29 is 9.90 Å². The van der Waals surface area contributed by atoms with Gasteiger partial charge in [0.1, 0.15) is 5.75 Å². The molecule has 5 heteroatoms. The summed E-state index contributed by atoms with van der Waals surface area (Å²) in [4.78, 5) is 16.7. The SMILES string of the molecule is CCC(CN)N1CCN(C(=O)c2ccc(C)c(O)c2)CC1. The molecule has 1 fully saturated rings. The fraction of sp³-hybridized carbons (Fsp3) is 0.562. The molecule has 1 aromatic rings. The maximum absolute atomic E-state index is 12.5. The number of phenols is 1. The number of aryl methyl sites for hydroxylation is 1. The molecule has 0 aliphatic carbocycles. The highest BCUT2D eigenvalue weighted by molar-refractivity contribution is 5.94. The normalized spacial score (nSPS) is 17.8. The van der Waals surface area contributed by atoms with Gasteiger partial charge >= 0.3 is 0 Å². The molecule has 3 N–H and O–H groups in total. The molecule has 0 radical (unpaired) electrons. The molecule has 1 aliphatic rings. The Morgan fingerprint density at radius 2 is 2.00 bits per heavy atom. The van der Waals surface area contributed by atoms with E-state index in [0.717, 1.165) is 25.1 Å². The highest BCUT2D eigenvalue weighted by atomic mass is 16.3. The first-order valence-electron chi connectivity index (χ1n) is 7.59. The third kappa shape index (κ3) is 3.54. The van der Waals surface area contributed by atoms with Gasteiger partial charge < -0.3 is 15.7 Å². The van der Waals surface area contributed by atoms with E-state index in [1.54, 1.807) is 18.2 Å². The molecule has 0 bridgehead atoms. The minimum Gasteiger partial charge on any atom is -0.508 e.